The minimum absolute atomic E-state index is 0.0560. The molecule has 4 heteroatoms. The van der Waals surface area contributed by atoms with Crippen LogP contribution in [-0.4, -0.2) is 47.3 Å². The van der Waals surface area contributed by atoms with Crippen LogP contribution in [0.25, 0.3) is 0 Å². The van der Waals surface area contributed by atoms with Crippen molar-refractivity contribution in [2.24, 2.45) is 11.3 Å². The Morgan fingerprint density at radius 2 is 1.58 bits per heavy atom. The summed E-state index contributed by atoms with van der Waals surface area (Å²) < 4.78 is 0. The Kier molecular flexibility index (Phi) is 3.88. The van der Waals surface area contributed by atoms with E-state index in [2.05, 4.69) is 13.8 Å². The third-order valence-electron chi connectivity index (χ3n) is 4.70. The highest BCUT2D eigenvalue weighted by Gasteiger charge is 2.49. The normalized spacial score (nSPS) is 22.9. The SMILES string of the molecule is CC(C)C(=O)N1CCC2(CC1)CCN(C(C)C)C2=O. The van der Waals surface area contributed by atoms with E-state index < -0.39 is 0 Å². The van der Waals surface area contributed by atoms with Gasteiger partial charge in [0, 0.05) is 31.6 Å². The molecule has 0 aromatic carbocycles. The van der Waals surface area contributed by atoms with E-state index in [1.165, 1.54) is 0 Å². The van der Waals surface area contributed by atoms with Gasteiger partial charge in [0.25, 0.3) is 0 Å². The number of piperidine rings is 1. The van der Waals surface area contributed by atoms with Crippen LogP contribution in [0.15, 0.2) is 0 Å². The Balaban J connectivity index is 2.00. The molecular formula is C15H26N2O2. The highest BCUT2D eigenvalue weighted by molar-refractivity contribution is 5.86. The summed E-state index contributed by atoms with van der Waals surface area (Å²) in [5.41, 5.74) is -0.169. The molecule has 2 saturated heterocycles. The van der Waals surface area contributed by atoms with Gasteiger partial charge in [-0.15, -0.1) is 0 Å². The zero-order valence-corrected chi connectivity index (χ0v) is 12.6. The molecule has 4 nitrogen and oxygen atoms in total. The molecule has 1 spiro atoms. The predicted octanol–water partition coefficient (Wildman–Crippen LogP) is 1.89. The van der Waals surface area contributed by atoms with E-state index in [1.807, 2.05) is 23.6 Å². The minimum Gasteiger partial charge on any atom is -0.342 e. The fourth-order valence-corrected chi connectivity index (χ4v) is 3.32. The maximum absolute atomic E-state index is 12.6. The Hall–Kier alpha value is -1.06. The van der Waals surface area contributed by atoms with Crippen LogP contribution in [0, 0.1) is 11.3 Å². The van der Waals surface area contributed by atoms with E-state index in [0.717, 1.165) is 38.9 Å². The lowest BCUT2D eigenvalue weighted by Crippen LogP contribution is -2.48. The van der Waals surface area contributed by atoms with Crippen molar-refractivity contribution in [3.05, 3.63) is 0 Å². The van der Waals surface area contributed by atoms with E-state index in [1.54, 1.807) is 0 Å². The second-order valence-electron chi connectivity index (χ2n) is 6.60. The lowest BCUT2D eigenvalue weighted by Gasteiger charge is -2.39. The summed E-state index contributed by atoms with van der Waals surface area (Å²) in [5, 5.41) is 0. The topological polar surface area (TPSA) is 40.6 Å². The Morgan fingerprint density at radius 3 is 2.00 bits per heavy atom. The van der Waals surface area contributed by atoms with Crippen LogP contribution in [0.5, 0.6) is 0 Å². The number of hydrogen-bond donors (Lipinski definition) is 0. The van der Waals surface area contributed by atoms with Crippen molar-refractivity contribution in [3.8, 4) is 0 Å². The highest BCUT2D eigenvalue weighted by atomic mass is 16.2. The van der Waals surface area contributed by atoms with Crippen molar-refractivity contribution in [1.82, 2.24) is 9.80 Å². The predicted molar refractivity (Wildman–Crippen MR) is 74.6 cm³/mol. The monoisotopic (exact) mass is 266 g/mol. The van der Waals surface area contributed by atoms with E-state index in [0.29, 0.717) is 11.9 Å². The quantitative estimate of drug-likeness (QED) is 0.766. The molecule has 0 aromatic heterocycles. The third kappa shape index (κ3) is 2.49. The highest BCUT2D eigenvalue weighted by Crippen LogP contribution is 2.42. The molecule has 2 aliphatic heterocycles. The molecule has 0 radical (unpaired) electrons. The lowest BCUT2D eigenvalue weighted by atomic mass is 9.77. The van der Waals surface area contributed by atoms with Crippen LogP contribution in [0.3, 0.4) is 0 Å². The van der Waals surface area contributed by atoms with Crippen molar-refractivity contribution in [3.63, 3.8) is 0 Å². The average Bonchev–Trinajstić information content (AvgIpc) is 2.67. The standard InChI is InChI=1S/C15H26N2O2/c1-11(2)13(18)16-8-5-15(6-9-16)7-10-17(12(3)4)14(15)19/h11-12H,5-10H2,1-4H3. The molecule has 2 heterocycles. The first-order valence-electron chi connectivity index (χ1n) is 7.47. The molecule has 108 valence electrons. The fourth-order valence-electron chi connectivity index (χ4n) is 3.32. The molecule has 2 amide bonds. The van der Waals surface area contributed by atoms with Gasteiger partial charge in [0.2, 0.25) is 11.8 Å². The zero-order valence-electron chi connectivity index (χ0n) is 12.6. The number of amides is 2. The van der Waals surface area contributed by atoms with Gasteiger partial charge in [-0.25, -0.2) is 0 Å². The van der Waals surface area contributed by atoms with Crippen molar-refractivity contribution >= 4 is 11.8 Å². The summed E-state index contributed by atoms with van der Waals surface area (Å²) in [5.74, 6) is 0.598. The molecule has 19 heavy (non-hydrogen) atoms. The van der Waals surface area contributed by atoms with Crippen LogP contribution in [0.2, 0.25) is 0 Å². The Labute approximate surface area is 116 Å². The number of likely N-dealkylation sites (tertiary alicyclic amines) is 2. The first-order valence-corrected chi connectivity index (χ1v) is 7.47. The van der Waals surface area contributed by atoms with Gasteiger partial charge in [0.05, 0.1) is 5.41 Å². The maximum atomic E-state index is 12.6. The van der Waals surface area contributed by atoms with Crippen LogP contribution >= 0.6 is 0 Å². The van der Waals surface area contributed by atoms with E-state index in [4.69, 9.17) is 0 Å². The first kappa shape index (κ1) is 14.4. The van der Waals surface area contributed by atoms with Gasteiger partial charge in [-0.3, -0.25) is 9.59 Å². The number of hydrogen-bond acceptors (Lipinski definition) is 2. The first-order chi connectivity index (χ1) is 8.87. The molecule has 0 saturated carbocycles. The number of carbonyl (C=O) groups is 2. The molecule has 0 N–H and O–H groups in total. The van der Waals surface area contributed by atoms with Gasteiger partial charge in [-0.1, -0.05) is 13.8 Å². The molecule has 0 aliphatic carbocycles. The van der Waals surface area contributed by atoms with Crippen LogP contribution in [0.1, 0.15) is 47.0 Å². The average molecular weight is 266 g/mol. The summed E-state index contributed by atoms with van der Waals surface area (Å²) in [6.45, 7) is 10.4. The van der Waals surface area contributed by atoms with Crippen molar-refractivity contribution in [1.29, 1.82) is 0 Å². The van der Waals surface area contributed by atoms with E-state index in [-0.39, 0.29) is 17.2 Å². The molecule has 2 aliphatic rings. The van der Waals surface area contributed by atoms with Crippen molar-refractivity contribution in [2.75, 3.05) is 19.6 Å². The van der Waals surface area contributed by atoms with Crippen LogP contribution in [-0.2, 0) is 9.59 Å². The minimum atomic E-state index is -0.169. The van der Waals surface area contributed by atoms with Gasteiger partial charge in [-0.05, 0) is 33.1 Å². The molecule has 0 aromatic rings. The molecule has 0 bridgehead atoms. The molecule has 0 atom stereocenters. The van der Waals surface area contributed by atoms with Crippen LogP contribution in [0.4, 0.5) is 0 Å². The maximum Gasteiger partial charge on any atom is 0.229 e. The van der Waals surface area contributed by atoms with Gasteiger partial charge < -0.3 is 9.80 Å². The number of carbonyl (C=O) groups excluding carboxylic acids is 2. The molecule has 0 unspecified atom stereocenters. The van der Waals surface area contributed by atoms with Gasteiger partial charge in [0.1, 0.15) is 0 Å². The molecular weight excluding hydrogens is 240 g/mol. The third-order valence-corrected chi connectivity index (χ3v) is 4.70. The van der Waals surface area contributed by atoms with Crippen molar-refractivity contribution < 1.29 is 9.59 Å². The van der Waals surface area contributed by atoms with Gasteiger partial charge in [-0.2, -0.15) is 0 Å². The van der Waals surface area contributed by atoms with Gasteiger partial charge >= 0.3 is 0 Å². The van der Waals surface area contributed by atoms with Gasteiger partial charge in [0.15, 0.2) is 0 Å². The summed E-state index contributed by atoms with van der Waals surface area (Å²) in [4.78, 5) is 28.5. The zero-order chi connectivity index (χ0) is 14.2. The van der Waals surface area contributed by atoms with E-state index in [9.17, 15) is 9.59 Å². The second-order valence-corrected chi connectivity index (χ2v) is 6.60. The second kappa shape index (κ2) is 5.14. The Morgan fingerprint density at radius 1 is 1.05 bits per heavy atom. The summed E-state index contributed by atoms with van der Waals surface area (Å²) in [7, 11) is 0. The smallest absolute Gasteiger partial charge is 0.229 e. The number of rotatable bonds is 2. The summed E-state index contributed by atoms with van der Waals surface area (Å²) >= 11 is 0. The lowest BCUT2D eigenvalue weighted by molar-refractivity contribution is -0.144. The Bertz CT molecular complexity index is 368. The molecule has 2 rings (SSSR count). The largest absolute Gasteiger partial charge is 0.342 e. The van der Waals surface area contributed by atoms with Crippen molar-refractivity contribution in [2.45, 2.75) is 53.0 Å². The van der Waals surface area contributed by atoms with Crippen LogP contribution < -0.4 is 0 Å². The molecule has 2 fully saturated rings. The number of nitrogens with zero attached hydrogens (tertiary/aromatic N) is 2. The van der Waals surface area contributed by atoms with E-state index >= 15 is 0 Å². The summed E-state index contributed by atoms with van der Waals surface area (Å²) in [6.07, 6.45) is 2.65. The fraction of sp³-hybridized carbons (Fsp3) is 0.867. The summed E-state index contributed by atoms with van der Waals surface area (Å²) in [6, 6.07) is 0.294.